The summed E-state index contributed by atoms with van der Waals surface area (Å²) in [4.78, 5) is 2.47. The van der Waals surface area contributed by atoms with Crippen molar-refractivity contribution in [3.8, 4) is 0 Å². The van der Waals surface area contributed by atoms with Crippen molar-refractivity contribution in [3.05, 3.63) is 0 Å². The Morgan fingerprint density at radius 1 is 1.17 bits per heavy atom. The summed E-state index contributed by atoms with van der Waals surface area (Å²) >= 11 is 0. The fourth-order valence-corrected chi connectivity index (χ4v) is 3.18. The summed E-state index contributed by atoms with van der Waals surface area (Å²) in [6, 6.07) is 0. The highest BCUT2D eigenvalue weighted by Gasteiger charge is 2.39. The first kappa shape index (κ1) is 14.3. The molecule has 106 valence electrons. The molecule has 4 nitrogen and oxygen atoms in total. The summed E-state index contributed by atoms with van der Waals surface area (Å²) < 4.78 is 11.0. The lowest BCUT2D eigenvalue weighted by Crippen LogP contribution is -2.56. The van der Waals surface area contributed by atoms with Gasteiger partial charge in [-0.3, -0.25) is 4.90 Å². The van der Waals surface area contributed by atoms with Gasteiger partial charge in [-0.15, -0.1) is 0 Å². The molecule has 2 fully saturated rings. The van der Waals surface area contributed by atoms with Crippen molar-refractivity contribution in [1.29, 1.82) is 0 Å². The van der Waals surface area contributed by atoms with Crippen molar-refractivity contribution in [1.82, 2.24) is 4.90 Å². The molecule has 0 aromatic carbocycles. The van der Waals surface area contributed by atoms with Crippen LogP contribution < -0.4 is 5.73 Å². The predicted octanol–water partition coefficient (Wildman–Crippen LogP) is 1.10. The Morgan fingerprint density at radius 3 is 2.39 bits per heavy atom. The Labute approximate surface area is 111 Å². The number of nitrogens with zero attached hydrogens (tertiary/aromatic N) is 1. The van der Waals surface area contributed by atoms with Crippen LogP contribution in [0.2, 0.25) is 0 Å². The first-order chi connectivity index (χ1) is 8.66. The standard InChI is InChI=1S/C14H28N2O2/c1-14(11-15,13-5-8-18-10-13)16(2)9-12-3-6-17-7-4-12/h12-13H,3-11,15H2,1-2H3. The van der Waals surface area contributed by atoms with Gasteiger partial charge in [0, 0.05) is 44.4 Å². The van der Waals surface area contributed by atoms with Gasteiger partial charge in [0.25, 0.3) is 0 Å². The van der Waals surface area contributed by atoms with Crippen molar-refractivity contribution in [2.24, 2.45) is 17.6 Å². The summed E-state index contributed by atoms with van der Waals surface area (Å²) in [6.07, 6.45) is 3.52. The lowest BCUT2D eigenvalue weighted by Gasteiger charge is -2.44. The summed E-state index contributed by atoms with van der Waals surface area (Å²) in [5.41, 5.74) is 6.15. The quantitative estimate of drug-likeness (QED) is 0.800. The number of ether oxygens (including phenoxy) is 2. The van der Waals surface area contributed by atoms with E-state index in [1.807, 2.05) is 0 Å². The average Bonchev–Trinajstić information content (AvgIpc) is 2.93. The van der Waals surface area contributed by atoms with Crippen LogP contribution in [0.5, 0.6) is 0 Å². The predicted molar refractivity (Wildman–Crippen MR) is 72.6 cm³/mol. The second-order valence-electron chi connectivity index (χ2n) is 6.06. The Morgan fingerprint density at radius 2 is 1.83 bits per heavy atom. The maximum Gasteiger partial charge on any atom is 0.0513 e. The maximum atomic E-state index is 6.07. The smallest absolute Gasteiger partial charge is 0.0513 e. The number of hydrogen-bond acceptors (Lipinski definition) is 4. The molecule has 2 aliphatic heterocycles. The summed E-state index contributed by atoms with van der Waals surface area (Å²) in [6.45, 7) is 7.74. The first-order valence-corrected chi connectivity index (χ1v) is 7.23. The number of rotatable bonds is 5. The van der Waals surface area contributed by atoms with Crippen LogP contribution in [0.4, 0.5) is 0 Å². The number of likely N-dealkylation sites (N-methyl/N-ethyl adjacent to an activating group) is 1. The summed E-state index contributed by atoms with van der Waals surface area (Å²) in [7, 11) is 2.22. The van der Waals surface area contributed by atoms with E-state index in [9.17, 15) is 0 Å². The molecule has 2 N–H and O–H groups in total. The van der Waals surface area contributed by atoms with Gasteiger partial charge in [-0.1, -0.05) is 0 Å². The van der Waals surface area contributed by atoms with Gasteiger partial charge in [0.1, 0.15) is 0 Å². The highest BCUT2D eigenvalue weighted by Crippen LogP contribution is 2.31. The van der Waals surface area contributed by atoms with Gasteiger partial charge in [-0.25, -0.2) is 0 Å². The third-order valence-corrected chi connectivity index (χ3v) is 4.97. The Hall–Kier alpha value is -0.160. The van der Waals surface area contributed by atoms with E-state index in [0.29, 0.717) is 12.5 Å². The van der Waals surface area contributed by atoms with E-state index >= 15 is 0 Å². The number of nitrogens with two attached hydrogens (primary N) is 1. The van der Waals surface area contributed by atoms with Crippen molar-refractivity contribution in [3.63, 3.8) is 0 Å². The Kier molecular flexibility index (Phi) is 5.01. The van der Waals surface area contributed by atoms with Crippen LogP contribution in [-0.2, 0) is 9.47 Å². The Bertz CT molecular complexity index is 250. The second kappa shape index (κ2) is 6.33. The van der Waals surface area contributed by atoms with Crippen molar-refractivity contribution in [2.75, 3.05) is 46.6 Å². The molecule has 0 aromatic heterocycles. The average molecular weight is 256 g/mol. The van der Waals surface area contributed by atoms with Gasteiger partial charge in [-0.2, -0.15) is 0 Å². The molecule has 0 amide bonds. The van der Waals surface area contributed by atoms with E-state index in [-0.39, 0.29) is 5.54 Å². The normalized spacial score (nSPS) is 29.7. The third kappa shape index (κ3) is 3.05. The van der Waals surface area contributed by atoms with Crippen LogP contribution in [0.25, 0.3) is 0 Å². The molecule has 0 radical (unpaired) electrons. The van der Waals surface area contributed by atoms with Gasteiger partial charge in [-0.05, 0) is 39.2 Å². The molecule has 4 heteroatoms. The number of hydrogen-bond donors (Lipinski definition) is 1. The molecular weight excluding hydrogens is 228 g/mol. The minimum absolute atomic E-state index is 0.0782. The van der Waals surface area contributed by atoms with Crippen LogP contribution in [0.3, 0.4) is 0 Å². The van der Waals surface area contributed by atoms with E-state index in [2.05, 4.69) is 18.9 Å². The van der Waals surface area contributed by atoms with E-state index < -0.39 is 0 Å². The molecule has 2 unspecified atom stereocenters. The molecule has 0 saturated carbocycles. The molecule has 0 aliphatic carbocycles. The lowest BCUT2D eigenvalue weighted by molar-refractivity contribution is 0.0181. The zero-order valence-corrected chi connectivity index (χ0v) is 11.9. The van der Waals surface area contributed by atoms with Crippen molar-refractivity contribution in [2.45, 2.75) is 31.7 Å². The van der Waals surface area contributed by atoms with Gasteiger partial charge < -0.3 is 15.2 Å². The van der Waals surface area contributed by atoms with Gasteiger partial charge in [0.15, 0.2) is 0 Å². The van der Waals surface area contributed by atoms with Crippen LogP contribution in [-0.4, -0.2) is 57.0 Å². The maximum absolute atomic E-state index is 6.07. The molecule has 18 heavy (non-hydrogen) atoms. The summed E-state index contributed by atoms with van der Waals surface area (Å²) in [5.74, 6) is 1.34. The molecule has 2 rings (SSSR count). The van der Waals surface area contributed by atoms with Gasteiger partial charge in [0.05, 0.1) is 6.61 Å². The highest BCUT2D eigenvalue weighted by molar-refractivity contribution is 4.94. The molecule has 2 heterocycles. The lowest BCUT2D eigenvalue weighted by atomic mass is 9.82. The molecule has 0 aromatic rings. The van der Waals surface area contributed by atoms with Gasteiger partial charge in [0.2, 0.25) is 0 Å². The topological polar surface area (TPSA) is 47.7 Å². The van der Waals surface area contributed by atoms with Crippen molar-refractivity contribution >= 4 is 0 Å². The highest BCUT2D eigenvalue weighted by atomic mass is 16.5. The van der Waals surface area contributed by atoms with Crippen LogP contribution in [0.15, 0.2) is 0 Å². The minimum atomic E-state index is 0.0782. The molecule has 2 atom stereocenters. The molecule has 0 bridgehead atoms. The van der Waals surface area contributed by atoms with Gasteiger partial charge >= 0.3 is 0 Å². The minimum Gasteiger partial charge on any atom is -0.381 e. The molecule has 2 saturated heterocycles. The largest absolute Gasteiger partial charge is 0.381 e. The fourth-order valence-electron chi connectivity index (χ4n) is 3.18. The summed E-state index contributed by atoms with van der Waals surface area (Å²) in [5, 5.41) is 0. The third-order valence-electron chi connectivity index (χ3n) is 4.97. The fraction of sp³-hybridized carbons (Fsp3) is 1.00. The van der Waals surface area contributed by atoms with E-state index in [1.165, 1.54) is 12.8 Å². The van der Waals surface area contributed by atoms with Crippen LogP contribution >= 0.6 is 0 Å². The first-order valence-electron chi connectivity index (χ1n) is 7.23. The molecular formula is C14H28N2O2. The zero-order valence-electron chi connectivity index (χ0n) is 11.9. The zero-order chi connectivity index (χ0) is 13.0. The van der Waals surface area contributed by atoms with Crippen molar-refractivity contribution < 1.29 is 9.47 Å². The van der Waals surface area contributed by atoms with E-state index in [0.717, 1.165) is 45.3 Å². The Balaban J connectivity index is 1.92. The monoisotopic (exact) mass is 256 g/mol. The van der Waals surface area contributed by atoms with E-state index in [1.54, 1.807) is 0 Å². The SMILES string of the molecule is CN(CC1CCOCC1)C(C)(CN)C1CCOC1. The second-order valence-corrected chi connectivity index (χ2v) is 6.06. The van der Waals surface area contributed by atoms with Crippen LogP contribution in [0.1, 0.15) is 26.2 Å². The molecule has 0 spiro atoms. The van der Waals surface area contributed by atoms with E-state index in [4.69, 9.17) is 15.2 Å². The van der Waals surface area contributed by atoms with Crippen LogP contribution in [0, 0.1) is 11.8 Å². The molecule has 2 aliphatic rings.